The van der Waals surface area contributed by atoms with E-state index in [9.17, 15) is 8.42 Å². The molecule has 2 N–H and O–H groups in total. The number of benzene rings is 1. The monoisotopic (exact) mass is 215 g/mol. The second-order valence-corrected chi connectivity index (χ2v) is 4.52. The molecule has 0 aliphatic carbocycles. The molecule has 0 heterocycles. The van der Waals surface area contributed by atoms with Gasteiger partial charge in [-0.3, -0.25) is 4.55 Å². The fourth-order valence-corrected chi connectivity index (χ4v) is 1.43. The molecule has 0 spiro atoms. The lowest BCUT2D eigenvalue weighted by Gasteiger charge is -2.02. The zero-order valence-corrected chi connectivity index (χ0v) is 8.50. The summed E-state index contributed by atoms with van der Waals surface area (Å²) in [6.45, 7) is 0.865. The fraction of sp³-hybridized carbons (Fsp3) is 0.333. The molecule has 0 aromatic heterocycles. The van der Waals surface area contributed by atoms with Gasteiger partial charge >= 0.3 is 0 Å². The van der Waals surface area contributed by atoms with Crippen LogP contribution in [-0.4, -0.2) is 25.3 Å². The summed E-state index contributed by atoms with van der Waals surface area (Å²) in [5.74, 6) is -0.250. The van der Waals surface area contributed by atoms with Crippen LogP contribution >= 0.6 is 0 Å². The van der Waals surface area contributed by atoms with Crippen LogP contribution in [-0.2, 0) is 16.7 Å². The van der Waals surface area contributed by atoms with E-state index in [2.05, 4.69) is 5.32 Å². The molecule has 0 saturated carbocycles. The van der Waals surface area contributed by atoms with Crippen LogP contribution in [0.3, 0.4) is 0 Å². The van der Waals surface area contributed by atoms with E-state index < -0.39 is 10.1 Å². The van der Waals surface area contributed by atoms with E-state index in [4.69, 9.17) is 4.55 Å². The van der Waals surface area contributed by atoms with Gasteiger partial charge in [0.05, 0.1) is 5.75 Å². The van der Waals surface area contributed by atoms with Crippen LogP contribution < -0.4 is 5.32 Å². The second kappa shape index (κ2) is 5.09. The maximum atomic E-state index is 10.4. The van der Waals surface area contributed by atoms with Crippen LogP contribution in [0.4, 0.5) is 0 Å². The summed E-state index contributed by atoms with van der Waals surface area (Å²) >= 11 is 0. The quantitative estimate of drug-likeness (QED) is 0.559. The van der Waals surface area contributed by atoms with Gasteiger partial charge < -0.3 is 5.32 Å². The number of hydrogen-bond donors (Lipinski definition) is 2. The van der Waals surface area contributed by atoms with Crippen molar-refractivity contribution in [1.29, 1.82) is 0 Å². The molecular weight excluding hydrogens is 202 g/mol. The highest BCUT2D eigenvalue weighted by Crippen LogP contribution is 1.96. The van der Waals surface area contributed by atoms with Crippen LogP contribution in [0, 0.1) is 0 Å². The van der Waals surface area contributed by atoms with Crippen molar-refractivity contribution in [3.05, 3.63) is 35.9 Å². The second-order valence-electron chi connectivity index (χ2n) is 2.95. The SMILES string of the molecule is O=S(=O)(O)CCNCc1ccccc1. The Labute approximate surface area is 83.7 Å². The van der Waals surface area contributed by atoms with Crippen molar-refractivity contribution in [2.24, 2.45) is 0 Å². The molecule has 0 fully saturated rings. The van der Waals surface area contributed by atoms with Gasteiger partial charge in [-0.1, -0.05) is 30.3 Å². The van der Waals surface area contributed by atoms with Gasteiger partial charge in [-0.25, -0.2) is 0 Å². The summed E-state index contributed by atoms with van der Waals surface area (Å²) in [6, 6.07) is 9.64. The van der Waals surface area contributed by atoms with Crippen molar-refractivity contribution in [3.8, 4) is 0 Å². The Hall–Kier alpha value is -0.910. The van der Waals surface area contributed by atoms with Gasteiger partial charge in [0.25, 0.3) is 10.1 Å². The van der Waals surface area contributed by atoms with Gasteiger partial charge in [0, 0.05) is 13.1 Å². The van der Waals surface area contributed by atoms with E-state index in [0.717, 1.165) is 5.56 Å². The van der Waals surface area contributed by atoms with Crippen molar-refractivity contribution in [1.82, 2.24) is 5.32 Å². The lowest BCUT2D eigenvalue weighted by Crippen LogP contribution is -2.22. The average molecular weight is 215 g/mol. The molecule has 4 nitrogen and oxygen atoms in total. The predicted octanol–water partition coefficient (Wildman–Crippen LogP) is 0.664. The Morgan fingerprint density at radius 1 is 1.21 bits per heavy atom. The topological polar surface area (TPSA) is 66.4 Å². The predicted molar refractivity (Wildman–Crippen MR) is 54.6 cm³/mol. The van der Waals surface area contributed by atoms with Crippen LogP contribution in [0.25, 0.3) is 0 Å². The molecule has 0 bridgehead atoms. The first-order valence-electron chi connectivity index (χ1n) is 4.28. The van der Waals surface area contributed by atoms with E-state index in [1.54, 1.807) is 0 Å². The molecule has 0 saturated heterocycles. The molecule has 1 aromatic carbocycles. The molecule has 0 radical (unpaired) electrons. The highest BCUT2D eigenvalue weighted by molar-refractivity contribution is 7.85. The van der Waals surface area contributed by atoms with Crippen molar-refractivity contribution in [2.75, 3.05) is 12.3 Å². The van der Waals surface area contributed by atoms with Crippen molar-refractivity contribution < 1.29 is 13.0 Å². The first kappa shape index (κ1) is 11.2. The van der Waals surface area contributed by atoms with Gasteiger partial charge in [-0.05, 0) is 5.56 Å². The molecule has 0 aliphatic rings. The van der Waals surface area contributed by atoms with Gasteiger partial charge in [0.2, 0.25) is 0 Å². The van der Waals surface area contributed by atoms with E-state index >= 15 is 0 Å². The molecule has 0 unspecified atom stereocenters. The highest BCUT2D eigenvalue weighted by atomic mass is 32.2. The van der Waals surface area contributed by atoms with Gasteiger partial charge in [0.1, 0.15) is 0 Å². The van der Waals surface area contributed by atoms with Gasteiger partial charge in [-0.2, -0.15) is 8.42 Å². The molecule has 78 valence electrons. The van der Waals surface area contributed by atoms with E-state index in [1.807, 2.05) is 30.3 Å². The summed E-state index contributed by atoms with van der Waals surface area (Å²) in [6.07, 6.45) is 0. The Morgan fingerprint density at radius 3 is 2.43 bits per heavy atom. The van der Waals surface area contributed by atoms with Crippen molar-refractivity contribution in [3.63, 3.8) is 0 Å². The molecule has 5 heteroatoms. The third-order valence-electron chi connectivity index (χ3n) is 1.71. The lowest BCUT2D eigenvalue weighted by atomic mass is 10.2. The van der Waals surface area contributed by atoms with Crippen molar-refractivity contribution >= 4 is 10.1 Å². The van der Waals surface area contributed by atoms with E-state index in [-0.39, 0.29) is 12.3 Å². The molecule has 0 atom stereocenters. The summed E-state index contributed by atoms with van der Waals surface area (Å²) in [5, 5.41) is 2.92. The minimum absolute atomic E-state index is 0.250. The zero-order valence-electron chi connectivity index (χ0n) is 7.68. The Bertz CT molecular complexity index is 361. The maximum Gasteiger partial charge on any atom is 0.266 e. The molecule has 0 amide bonds. The zero-order chi connectivity index (χ0) is 10.4. The molecule has 1 aromatic rings. The molecule has 0 aliphatic heterocycles. The summed E-state index contributed by atoms with van der Waals surface area (Å²) < 4.78 is 29.2. The number of nitrogens with one attached hydrogen (secondary N) is 1. The maximum absolute atomic E-state index is 10.4. The minimum atomic E-state index is -3.84. The third kappa shape index (κ3) is 4.96. The Kier molecular flexibility index (Phi) is 4.06. The van der Waals surface area contributed by atoms with E-state index in [0.29, 0.717) is 6.54 Å². The number of rotatable bonds is 5. The standard InChI is InChI=1S/C9H13NO3S/c11-14(12,13)7-6-10-8-9-4-2-1-3-5-9/h1-5,10H,6-8H2,(H,11,12,13). The average Bonchev–Trinajstić information content (AvgIpc) is 2.13. The van der Waals surface area contributed by atoms with Crippen LogP contribution in [0.5, 0.6) is 0 Å². The molecule has 1 rings (SSSR count). The largest absolute Gasteiger partial charge is 0.312 e. The Balaban J connectivity index is 2.23. The van der Waals surface area contributed by atoms with Crippen LogP contribution in [0.15, 0.2) is 30.3 Å². The first-order valence-corrected chi connectivity index (χ1v) is 5.89. The Morgan fingerprint density at radius 2 is 1.86 bits per heavy atom. The fourth-order valence-electron chi connectivity index (χ4n) is 1.03. The normalized spacial score (nSPS) is 11.5. The van der Waals surface area contributed by atoms with Gasteiger partial charge in [0.15, 0.2) is 0 Å². The highest BCUT2D eigenvalue weighted by Gasteiger charge is 2.02. The summed E-state index contributed by atoms with van der Waals surface area (Å²) in [4.78, 5) is 0. The van der Waals surface area contributed by atoms with Gasteiger partial charge in [-0.15, -0.1) is 0 Å². The summed E-state index contributed by atoms with van der Waals surface area (Å²) in [5.41, 5.74) is 1.09. The van der Waals surface area contributed by atoms with Crippen LogP contribution in [0.1, 0.15) is 5.56 Å². The van der Waals surface area contributed by atoms with Crippen LogP contribution in [0.2, 0.25) is 0 Å². The molecular formula is C9H13NO3S. The van der Waals surface area contributed by atoms with Crippen molar-refractivity contribution in [2.45, 2.75) is 6.54 Å². The molecule has 14 heavy (non-hydrogen) atoms. The smallest absolute Gasteiger partial charge is 0.266 e. The number of hydrogen-bond acceptors (Lipinski definition) is 3. The lowest BCUT2D eigenvalue weighted by molar-refractivity contribution is 0.480. The van der Waals surface area contributed by atoms with E-state index in [1.165, 1.54) is 0 Å². The summed E-state index contributed by atoms with van der Waals surface area (Å²) in [7, 11) is -3.84. The third-order valence-corrected chi connectivity index (χ3v) is 2.43. The first-order chi connectivity index (χ1) is 6.58. The minimum Gasteiger partial charge on any atom is -0.312 e.